The summed E-state index contributed by atoms with van der Waals surface area (Å²) in [5.41, 5.74) is 0. The van der Waals surface area contributed by atoms with Crippen LogP contribution in [0.4, 0.5) is 0 Å². The van der Waals surface area contributed by atoms with Gasteiger partial charge in [0.25, 0.3) is 0 Å². The molecule has 0 saturated heterocycles. The number of rotatable bonds is 4. The Labute approximate surface area is 87.3 Å². The average Bonchev–Trinajstić information content (AvgIpc) is 2.17. The van der Waals surface area contributed by atoms with Crippen molar-refractivity contribution in [2.24, 2.45) is 11.8 Å². The van der Waals surface area contributed by atoms with Gasteiger partial charge in [0.2, 0.25) is 0 Å². The zero-order chi connectivity index (χ0) is 10.6. The van der Waals surface area contributed by atoms with E-state index in [1.54, 1.807) is 0 Å². The molecule has 0 aromatic rings. The maximum absolute atomic E-state index is 9.94. The minimum absolute atomic E-state index is 0.345. The average molecular weight is 200 g/mol. The molecule has 84 valence electrons. The maximum atomic E-state index is 9.94. The topological polar surface area (TPSA) is 40.5 Å². The quantitative estimate of drug-likeness (QED) is 0.731. The van der Waals surface area contributed by atoms with Gasteiger partial charge < -0.3 is 10.2 Å². The van der Waals surface area contributed by atoms with Crippen molar-refractivity contribution >= 4 is 0 Å². The van der Waals surface area contributed by atoms with Crippen LogP contribution in [0.3, 0.4) is 0 Å². The van der Waals surface area contributed by atoms with Crippen molar-refractivity contribution in [3.05, 3.63) is 0 Å². The van der Waals surface area contributed by atoms with Crippen molar-refractivity contribution in [3.8, 4) is 0 Å². The van der Waals surface area contributed by atoms with Gasteiger partial charge in [0.1, 0.15) is 0 Å². The Bertz CT molecular complexity index is 150. The van der Waals surface area contributed by atoms with Crippen molar-refractivity contribution in [1.82, 2.24) is 0 Å². The van der Waals surface area contributed by atoms with Crippen LogP contribution in [0.2, 0.25) is 0 Å². The van der Waals surface area contributed by atoms with Gasteiger partial charge in [-0.25, -0.2) is 0 Å². The second kappa shape index (κ2) is 5.72. The highest BCUT2D eigenvalue weighted by atomic mass is 16.3. The molecule has 1 aliphatic rings. The third-order valence-electron chi connectivity index (χ3n) is 3.24. The van der Waals surface area contributed by atoms with Crippen LogP contribution in [0.5, 0.6) is 0 Å². The summed E-state index contributed by atoms with van der Waals surface area (Å²) >= 11 is 0. The number of aliphatic hydroxyl groups excluding tert-OH is 2. The fourth-order valence-electron chi connectivity index (χ4n) is 2.41. The minimum atomic E-state index is -0.516. The first kappa shape index (κ1) is 12.0. The molecule has 2 atom stereocenters. The second-order valence-electron chi connectivity index (χ2n) is 5.09. The number of aliphatic hydroxyl groups is 2. The lowest BCUT2D eigenvalue weighted by molar-refractivity contribution is -0.0355. The number of hydrogen-bond donors (Lipinski definition) is 2. The van der Waals surface area contributed by atoms with Gasteiger partial charge in [-0.2, -0.15) is 0 Å². The van der Waals surface area contributed by atoms with Crippen molar-refractivity contribution in [2.45, 2.75) is 64.6 Å². The standard InChI is InChI=1S/C12H24O2/c1-9(2)8-11(13)12(14)10-6-4-3-5-7-10/h9-14H,3-8H2,1-2H3. The molecule has 1 rings (SSSR count). The summed E-state index contributed by atoms with van der Waals surface area (Å²) in [6, 6.07) is 0. The SMILES string of the molecule is CC(C)CC(O)C(O)C1CCCCC1. The van der Waals surface area contributed by atoms with E-state index < -0.39 is 12.2 Å². The van der Waals surface area contributed by atoms with Crippen LogP contribution in [-0.2, 0) is 0 Å². The summed E-state index contributed by atoms with van der Waals surface area (Å²) in [7, 11) is 0. The molecule has 1 fully saturated rings. The first-order chi connectivity index (χ1) is 6.61. The predicted octanol–water partition coefficient (Wildman–Crippen LogP) is 2.33. The van der Waals surface area contributed by atoms with E-state index in [0.29, 0.717) is 11.8 Å². The summed E-state index contributed by atoms with van der Waals surface area (Å²) < 4.78 is 0. The van der Waals surface area contributed by atoms with Gasteiger partial charge in [0.05, 0.1) is 12.2 Å². The number of hydrogen-bond acceptors (Lipinski definition) is 2. The molecule has 14 heavy (non-hydrogen) atoms. The van der Waals surface area contributed by atoms with E-state index >= 15 is 0 Å². The summed E-state index contributed by atoms with van der Waals surface area (Å²) in [4.78, 5) is 0. The van der Waals surface area contributed by atoms with E-state index in [1.165, 1.54) is 19.3 Å². The predicted molar refractivity (Wildman–Crippen MR) is 58.0 cm³/mol. The first-order valence-electron chi connectivity index (χ1n) is 5.97. The molecular formula is C12H24O2. The fraction of sp³-hybridized carbons (Fsp3) is 1.00. The smallest absolute Gasteiger partial charge is 0.0827 e. The van der Waals surface area contributed by atoms with Crippen LogP contribution >= 0.6 is 0 Å². The lowest BCUT2D eigenvalue weighted by atomic mass is 9.82. The summed E-state index contributed by atoms with van der Waals surface area (Å²) in [5.74, 6) is 0.806. The van der Waals surface area contributed by atoms with Crippen LogP contribution in [0.15, 0.2) is 0 Å². The summed E-state index contributed by atoms with van der Waals surface area (Å²) in [5, 5.41) is 19.7. The van der Waals surface area contributed by atoms with Gasteiger partial charge in [0.15, 0.2) is 0 Å². The molecule has 0 radical (unpaired) electrons. The zero-order valence-electron chi connectivity index (χ0n) is 9.45. The normalized spacial score (nSPS) is 23.8. The molecule has 1 saturated carbocycles. The van der Waals surface area contributed by atoms with Crippen LogP contribution in [0.25, 0.3) is 0 Å². The third kappa shape index (κ3) is 3.58. The molecule has 1 aliphatic carbocycles. The van der Waals surface area contributed by atoms with Crippen LogP contribution in [-0.4, -0.2) is 22.4 Å². The largest absolute Gasteiger partial charge is 0.390 e. The lowest BCUT2D eigenvalue weighted by Crippen LogP contribution is -2.35. The molecule has 2 N–H and O–H groups in total. The Morgan fingerprint density at radius 3 is 2.14 bits per heavy atom. The minimum Gasteiger partial charge on any atom is -0.390 e. The second-order valence-corrected chi connectivity index (χ2v) is 5.09. The third-order valence-corrected chi connectivity index (χ3v) is 3.24. The molecule has 0 aromatic carbocycles. The highest BCUT2D eigenvalue weighted by Gasteiger charge is 2.27. The van der Waals surface area contributed by atoms with E-state index in [-0.39, 0.29) is 0 Å². The van der Waals surface area contributed by atoms with Crippen molar-refractivity contribution < 1.29 is 10.2 Å². The van der Waals surface area contributed by atoms with Crippen LogP contribution in [0, 0.1) is 11.8 Å². The lowest BCUT2D eigenvalue weighted by Gasteiger charge is -2.30. The summed E-state index contributed by atoms with van der Waals surface area (Å²) in [6.45, 7) is 4.16. The zero-order valence-corrected chi connectivity index (χ0v) is 9.45. The maximum Gasteiger partial charge on any atom is 0.0827 e. The monoisotopic (exact) mass is 200 g/mol. The highest BCUT2D eigenvalue weighted by Crippen LogP contribution is 2.28. The molecule has 2 unspecified atom stereocenters. The molecular weight excluding hydrogens is 176 g/mol. The van der Waals surface area contributed by atoms with E-state index in [1.807, 2.05) is 0 Å². The molecule has 0 aromatic heterocycles. The van der Waals surface area contributed by atoms with E-state index in [9.17, 15) is 10.2 Å². The van der Waals surface area contributed by atoms with Gasteiger partial charge in [0, 0.05) is 0 Å². The van der Waals surface area contributed by atoms with E-state index in [4.69, 9.17) is 0 Å². The van der Waals surface area contributed by atoms with Crippen molar-refractivity contribution in [3.63, 3.8) is 0 Å². The Kier molecular flexibility index (Phi) is 4.90. The molecule has 2 heteroatoms. The summed E-state index contributed by atoms with van der Waals surface area (Å²) in [6.07, 6.45) is 5.64. The van der Waals surface area contributed by atoms with Crippen LogP contribution in [0.1, 0.15) is 52.4 Å². The molecule has 0 bridgehead atoms. The van der Waals surface area contributed by atoms with Crippen LogP contribution < -0.4 is 0 Å². The molecule has 0 aliphatic heterocycles. The first-order valence-corrected chi connectivity index (χ1v) is 5.97. The van der Waals surface area contributed by atoms with Gasteiger partial charge in [-0.1, -0.05) is 33.1 Å². The highest BCUT2D eigenvalue weighted by molar-refractivity contribution is 4.79. The van der Waals surface area contributed by atoms with Gasteiger partial charge in [-0.15, -0.1) is 0 Å². The molecule has 0 spiro atoms. The molecule has 2 nitrogen and oxygen atoms in total. The fourth-order valence-corrected chi connectivity index (χ4v) is 2.41. The Balaban J connectivity index is 2.33. The Morgan fingerprint density at radius 2 is 1.64 bits per heavy atom. The van der Waals surface area contributed by atoms with Gasteiger partial charge in [-0.05, 0) is 31.1 Å². The van der Waals surface area contributed by atoms with Crippen molar-refractivity contribution in [2.75, 3.05) is 0 Å². The van der Waals surface area contributed by atoms with Gasteiger partial charge in [-0.3, -0.25) is 0 Å². The van der Waals surface area contributed by atoms with E-state index in [0.717, 1.165) is 19.3 Å². The molecule has 0 heterocycles. The Hall–Kier alpha value is -0.0800. The van der Waals surface area contributed by atoms with Gasteiger partial charge >= 0.3 is 0 Å². The Morgan fingerprint density at radius 1 is 1.07 bits per heavy atom. The molecule has 0 amide bonds. The van der Waals surface area contributed by atoms with Crippen molar-refractivity contribution in [1.29, 1.82) is 0 Å². The van der Waals surface area contributed by atoms with E-state index in [2.05, 4.69) is 13.8 Å².